The molecule has 0 unspecified atom stereocenters. The van der Waals surface area contributed by atoms with Gasteiger partial charge in [0, 0.05) is 30.5 Å². The molecular formula is C31H27F3N4O3. The summed E-state index contributed by atoms with van der Waals surface area (Å²) in [5.74, 6) is 2.23. The van der Waals surface area contributed by atoms with Crippen molar-refractivity contribution in [1.82, 2.24) is 15.3 Å². The lowest BCUT2D eigenvalue weighted by atomic mass is 10.1. The van der Waals surface area contributed by atoms with E-state index < -0.39 is 11.7 Å². The quantitative estimate of drug-likeness (QED) is 0.207. The number of aromatic nitrogens is 2. The number of para-hydroxylation sites is 1. The van der Waals surface area contributed by atoms with Crippen LogP contribution in [0.15, 0.2) is 95.6 Å². The van der Waals surface area contributed by atoms with Crippen LogP contribution in [0.4, 0.5) is 19.0 Å². The molecule has 2 heterocycles. The summed E-state index contributed by atoms with van der Waals surface area (Å²) < 4.78 is 50.0. The van der Waals surface area contributed by atoms with Gasteiger partial charge in [0.1, 0.15) is 17.3 Å². The second kappa shape index (κ2) is 12.1. The van der Waals surface area contributed by atoms with Crippen molar-refractivity contribution in [2.75, 3.05) is 18.6 Å². The molecule has 0 fully saturated rings. The molecule has 0 radical (unpaired) electrons. The van der Waals surface area contributed by atoms with Gasteiger partial charge in [0.05, 0.1) is 31.0 Å². The Bertz CT molecular complexity index is 1620. The first-order valence-electron chi connectivity index (χ1n) is 12.9. The van der Waals surface area contributed by atoms with Gasteiger partial charge < -0.3 is 19.4 Å². The maximum Gasteiger partial charge on any atom is 0.416 e. The molecule has 41 heavy (non-hydrogen) atoms. The highest BCUT2D eigenvalue weighted by Gasteiger charge is 2.30. The van der Waals surface area contributed by atoms with Crippen molar-refractivity contribution in [2.45, 2.75) is 25.7 Å². The van der Waals surface area contributed by atoms with E-state index in [1.165, 1.54) is 6.07 Å². The molecule has 0 atom stereocenters. The number of nitrogens with one attached hydrogen (secondary N) is 1. The topological polar surface area (TPSA) is 80.5 Å². The molecule has 3 aromatic carbocycles. The predicted molar refractivity (Wildman–Crippen MR) is 149 cm³/mol. The van der Waals surface area contributed by atoms with Gasteiger partial charge in [-0.3, -0.25) is 4.79 Å². The van der Waals surface area contributed by atoms with E-state index in [1.54, 1.807) is 25.5 Å². The third-order valence-corrected chi connectivity index (χ3v) is 6.51. The number of hydrogen-bond acceptors (Lipinski definition) is 6. The third kappa shape index (κ3) is 6.84. The van der Waals surface area contributed by atoms with Crippen molar-refractivity contribution in [2.24, 2.45) is 0 Å². The first-order valence-corrected chi connectivity index (χ1v) is 12.9. The number of benzene rings is 3. The van der Waals surface area contributed by atoms with E-state index in [1.807, 2.05) is 59.5 Å². The molecule has 2 aromatic heterocycles. The van der Waals surface area contributed by atoms with Crippen LogP contribution >= 0.6 is 0 Å². The first-order chi connectivity index (χ1) is 19.8. The summed E-state index contributed by atoms with van der Waals surface area (Å²) in [6.45, 7) is 0.605. The lowest BCUT2D eigenvalue weighted by molar-refractivity contribution is -0.137. The minimum Gasteiger partial charge on any atom is -0.497 e. The molecule has 0 bridgehead atoms. The van der Waals surface area contributed by atoms with E-state index in [2.05, 4.69) is 5.32 Å². The molecule has 7 nitrogen and oxygen atoms in total. The molecule has 5 rings (SSSR count). The highest BCUT2D eigenvalue weighted by atomic mass is 19.4. The summed E-state index contributed by atoms with van der Waals surface area (Å²) in [6, 6.07) is 23.6. The van der Waals surface area contributed by atoms with Gasteiger partial charge in [-0.05, 0) is 66.2 Å². The molecule has 0 aliphatic heterocycles. The summed E-state index contributed by atoms with van der Waals surface area (Å²) in [7, 11) is 1.60. The number of carbonyl (C=O) groups excluding carboxylic acids is 1. The minimum atomic E-state index is -4.45. The van der Waals surface area contributed by atoms with E-state index >= 15 is 0 Å². The maximum absolute atomic E-state index is 13.1. The van der Waals surface area contributed by atoms with Crippen LogP contribution in [0.1, 0.15) is 23.3 Å². The van der Waals surface area contributed by atoms with Crippen LogP contribution in [0.25, 0.3) is 22.3 Å². The zero-order valence-corrected chi connectivity index (χ0v) is 22.2. The number of fused-ring (bicyclic) bond motifs is 1. The number of furan rings is 1. The van der Waals surface area contributed by atoms with Gasteiger partial charge >= 0.3 is 6.18 Å². The zero-order chi connectivity index (χ0) is 28.8. The Morgan fingerprint density at radius 2 is 1.78 bits per heavy atom. The second-order valence-corrected chi connectivity index (χ2v) is 9.34. The molecule has 1 N–H and O–H groups in total. The average molecular weight is 561 g/mol. The summed E-state index contributed by atoms with van der Waals surface area (Å²) >= 11 is 0. The fourth-order valence-corrected chi connectivity index (χ4v) is 4.40. The Hall–Kier alpha value is -4.86. The number of methoxy groups -OCH3 is 1. The Morgan fingerprint density at radius 3 is 2.51 bits per heavy atom. The van der Waals surface area contributed by atoms with Gasteiger partial charge in [-0.1, -0.05) is 24.3 Å². The van der Waals surface area contributed by atoms with E-state index in [9.17, 15) is 18.0 Å². The van der Waals surface area contributed by atoms with E-state index in [0.717, 1.165) is 28.6 Å². The fraction of sp³-hybridized carbons (Fsp3) is 0.194. The first kappa shape index (κ1) is 27.7. The van der Waals surface area contributed by atoms with Crippen molar-refractivity contribution in [1.29, 1.82) is 0 Å². The van der Waals surface area contributed by atoms with Gasteiger partial charge in [0.15, 0.2) is 5.82 Å². The molecule has 0 saturated heterocycles. The Labute approximate surface area is 234 Å². The summed E-state index contributed by atoms with van der Waals surface area (Å²) in [4.78, 5) is 24.4. The molecule has 0 aliphatic rings. The van der Waals surface area contributed by atoms with Crippen LogP contribution < -0.4 is 15.0 Å². The number of ether oxygens (including phenoxy) is 1. The lowest BCUT2D eigenvalue weighted by Gasteiger charge is -2.24. The van der Waals surface area contributed by atoms with Gasteiger partial charge in [0.2, 0.25) is 5.91 Å². The van der Waals surface area contributed by atoms with Crippen LogP contribution in [0, 0.1) is 0 Å². The number of anilines is 1. The highest BCUT2D eigenvalue weighted by Crippen LogP contribution is 2.31. The SMILES string of the molecule is COc1ccc(-c2nc(N(CCC(=O)NCc3cccc(C(F)(F)F)c3)Cc3ccco3)c3ccccc3n2)cc1. The number of carbonyl (C=O) groups is 1. The van der Waals surface area contributed by atoms with Crippen LogP contribution in [0.2, 0.25) is 0 Å². The third-order valence-electron chi connectivity index (χ3n) is 6.51. The van der Waals surface area contributed by atoms with E-state index in [4.69, 9.17) is 19.1 Å². The smallest absolute Gasteiger partial charge is 0.416 e. The van der Waals surface area contributed by atoms with Gasteiger partial charge in [-0.2, -0.15) is 13.2 Å². The molecule has 5 aromatic rings. The standard InChI is InChI=1S/C31H27F3N4O3/c1-40-24-13-11-22(12-14-24)29-36-27-10-3-2-9-26(27)30(37-29)38(20-25-8-5-17-41-25)16-15-28(39)35-19-21-6-4-7-23(18-21)31(32,33)34/h2-14,17-18H,15-16,19-20H2,1H3,(H,35,39). The van der Waals surface area contributed by atoms with Crippen molar-refractivity contribution < 1.29 is 27.1 Å². The van der Waals surface area contributed by atoms with Crippen LogP contribution in [0.5, 0.6) is 5.75 Å². The Balaban J connectivity index is 1.39. The number of halogens is 3. The number of hydrogen-bond donors (Lipinski definition) is 1. The average Bonchev–Trinajstić information content (AvgIpc) is 3.51. The molecule has 0 saturated carbocycles. The van der Waals surface area contributed by atoms with Crippen LogP contribution in [0.3, 0.4) is 0 Å². The van der Waals surface area contributed by atoms with Crippen molar-refractivity contribution in [3.8, 4) is 17.1 Å². The van der Waals surface area contributed by atoms with Gasteiger partial charge in [-0.25, -0.2) is 9.97 Å². The highest BCUT2D eigenvalue weighted by molar-refractivity contribution is 5.91. The van der Waals surface area contributed by atoms with Crippen LogP contribution in [-0.2, 0) is 24.1 Å². The summed E-state index contributed by atoms with van der Waals surface area (Å²) in [6.07, 6.45) is -2.79. The molecule has 10 heteroatoms. The van der Waals surface area contributed by atoms with E-state index in [0.29, 0.717) is 35.3 Å². The van der Waals surface area contributed by atoms with Crippen molar-refractivity contribution in [3.05, 3.63) is 108 Å². The van der Waals surface area contributed by atoms with Crippen molar-refractivity contribution >= 4 is 22.6 Å². The maximum atomic E-state index is 13.1. The summed E-state index contributed by atoms with van der Waals surface area (Å²) in [5.41, 5.74) is 1.15. The van der Waals surface area contributed by atoms with Gasteiger partial charge in [-0.15, -0.1) is 0 Å². The number of amides is 1. The Kier molecular flexibility index (Phi) is 8.19. The molecule has 0 aliphatic carbocycles. The second-order valence-electron chi connectivity index (χ2n) is 9.34. The molecule has 1 amide bonds. The normalized spacial score (nSPS) is 11.4. The lowest BCUT2D eigenvalue weighted by Crippen LogP contribution is -2.31. The molecule has 0 spiro atoms. The van der Waals surface area contributed by atoms with Crippen molar-refractivity contribution in [3.63, 3.8) is 0 Å². The summed E-state index contributed by atoms with van der Waals surface area (Å²) in [5, 5.41) is 3.53. The number of rotatable bonds is 10. The number of alkyl halides is 3. The van der Waals surface area contributed by atoms with E-state index in [-0.39, 0.29) is 25.4 Å². The fourth-order valence-electron chi connectivity index (χ4n) is 4.40. The minimum absolute atomic E-state index is 0.0149. The largest absolute Gasteiger partial charge is 0.497 e. The Morgan fingerprint density at radius 1 is 0.976 bits per heavy atom. The molecule has 210 valence electrons. The monoisotopic (exact) mass is 560 g/mol. The predicted octanol–water partition coefficient (Wildman–Crippen LogP) is 6.63. The van der Waals surface area contributed by atoms with Crippen LogP contribution in [-0.4, -0.2) is 29.5 Å². The van der Waals surface area contributed by atoms with Gasteiger partial charge in [0.25, 0.3) is 0 Å². The molecular weight excluding hydrogens is 533 g/mol. The zero-order valence-electron chi connectivity index (χ0n) is 22.2. The number of nitrogens with zero attached hydrogens (tertiary/aromatic N) is 3.